The highest BCUT2D eigenvalue weighted by molar-refractivity contribution is 6.08. The summed E-state index contributed by atoms with van der Waals surface area (Å²) < 4.78 is 7.07. The zero-order valence-corrected chi connectivity index (χ0v) is 18.0. The van der Waals surface area contributed by atoms with Crippen molar-refractivity contribution in [3.05, 3.63) is 23.0 Å². The van der Waals surface area contributed by atoms with Crippen LogP contribution in [0.3, 0.4) is 0 Å². The number of ether oxygens (including phenoxy) is 1. The minimum atomic E-state index is -0.950. The second kappa shape index (κ2) is 9.24. The van der Waals surface area contributed by atoms with Crippen LogP contribution in [0.1, 0.15) is 68.2 Å². The molecule has 0 radical (unpaired) electrons. The lowest BCUT2D eigenvalue weighted by molar-refractivity contribution is -0.147. The zero-order valence-electron chi connectivity index (χ0n) is 18.0. The molecule has 1 saturated heterocycles. The van der Waals surface area contributed by atoms with E-state index in [2.05, 4.69) is 5.32 Å². The lowest BCUT2D eigenvalue weighted by atomic mass is 9.88. The number of hydrogen-bond donors (Lipinski definition) is 1. The molecule has 0 unspecified atom stereocenters. The van der Waals surface area contributed by atoms with Crippen LogP contribution in [-0.2, 0) is 20.9 Å². The number of urea groups is 1. The van der Waals surface area contributed by atoms with Gasteiger partial charge in [-0.2, -0.15) is 0 Å². The topological polar surface area (TPSA) is 97.7 Å². The third-order valence-electron chi connectivity index (χ3n) is 5.44. The van der Waals surface area contributed by atoms with Crippen LogP contribution in [0, 0.1) is 13.8 Å². The summed E-state index contributed by atoms with van der Waals surface area (Å²) in [6.07, 6.45) is 2.49. The number of ketones is 1. The highest BCUT2D eigenvalue weighted by atomic mass is 16.5. The molecule has 2 heterocycles. The van der Waals surface area contributed by atoms with E-state index in [1.165, 1.54) is 0 Å². The summed E-state index contributed by atoms with van der Waals surface area (Å²) in [5, 5.41) is 2.75. The molecule has 1 aliphatic rings. The van der Waals surface area contributed by atoms with Crippen molar-refractivity contribution in [2.45, 2.75) is 72.4 Å². The molecule has 1 fully saturated rings. The number of nitrogens with zero attached hydrogens (tertiary/aromatic N) is 2. The lowest BCUT2D eigenvalue weighted by Gasteiger charge is -2.25. The molecule has 0 saturated carbocycles. The number of aryl methyl sites for hydroxylation is 1. The summed E-state index contributed by atoms with van der Waals surface area (Å²) in [7, 11) is 0. The maximum atomic E-state index is 12.8. The summed E-state index contributed by atoms with van der Waals surface area (Å²) in [6, 6.07) is 1.18. The second-order valence-electron chi connectivity index (χ2n) is 7.52. The number of amides is 3. The molecular formula is C21H31N3O5. The van der Waals surface area contributed by atoms with Gasteiger partial charge in [0.05, 0.1) is 0 Å². The fraction of sp³-hybridized carbons (Fsp3) is 0.619. The molecule has 1 aromatic rings. The average Bonchev–Trinajstić information content (AvgIpc) is 3.08. The van der Waals surface area contributed by atoms with E-state index >= 15 is 0 Å². The van der Waals surface area contributed by atoms with Crippen LogP contribution in [0.15, 0.2) is 6.07 Å². The number of hydrogen-bond acceptors (Lipinski definition) is 5. The highest BCUT2D eigenvalue weighted by Gasteiger charge is 2.50. The molecule has 0 aliphatic carbocycles. The maximum Gasteiger partial charge on any atom is 0.326 e. The standard InChI is InChI=1S/C21H31N3O5/c1-6-9-21(10-7-2)19(27)24(20(28)22-21)12-18(26)29-13-17(25)16-11-14(4)23(8-3)15(16)5/h11H,6-10,12-13H2,1-5H3,(H,22,28). The summed E-state index contributed by atoms with van der Waals surface area (Å²) in [4.78, 5) is 50.6. The minimum Gasteiger partial charge on any atom is -0.456 e. The number of imide groups is 1. The van der Waals surface area contributed by atoms with Crippen molar-refractivity contribution in [2.75, 3.05) is 13.2 Å². The number of esters is 1. The van der Waals surface area contributed by atoms with Crippen LogP contribution in [0.4, 0.5) is 4.79 Å². The van der Waals surface area contributed by atoms with Gasteiger partial charge in [-0.05, 0) is 39.7 Å². The van der Waals surface area contributed by atoms with E-state index in [9.17, 15) is 19.2 Å². The molecular weight excluding hydrogens is 374 g/mol. The van der Waals surface area contributed by atoms with Crippen molar-refractivity contribution in [3.63, 3.8) is 0 Å². The first kappa shape index (κ1) is 22.6. The monoisotopic (exact) mass is 405 g/mol. The van der Waals surface area contributed by atoms with Crippen molar-refractivity contribution in [2.24, 2.45) is 0 Å². The molecule has 0 aromatic carbocycles. The van der Waals surface area contributed by atoms with Crippen molar-refractivity contribution < 1.29 is 23.9 Å². The van der Waals surface area contributed by atoms with E-state index in [0.717, 1.165) is 35.7 Å². The fourth-order valence-electron chi connectivity index (χ4n) is 4.11. The van der Waals surface area contributed by atoms with Gasteiger partial charge in [-0.15, -0.1) is 0 Å². The van der Waals surface area contributed by atoms with Crippen molar-refractivity contribution in [1.29, 1.82) is 0 Å². The Morgan fingerprint density at radius 3 is 2.24 bits per heavy atom. The van der Waals surface area contributed by atoms with E-state index in [0.29, 0.717) is 18.4 Å². The Kier molecular flexibility index (Phi) is 7.21. The van der Waals surface area contributed by atoms with Gasteiger partial charge in [0.2, 0.25) is 5.78 Å². The second-order valence-corrected chi connectivity index (χ2v) is 7.52. The molecule has 8 nitrogen and oxygen atoms in total. The quantitative estimate of drug-likeness (QED) is 0.367. The third kappa shape index (κ3) is 4.52. The van der Waals surface area contributed by atoms with Gasteiger partial charge in [0.25, 0.3) is 5.91 Å². The molecule has 2 rings (SSSR count). The van der Waals surface area contributed by atoms with E-state index in [1.54, 1.807) is 6.07 Å². The summed E-state index contributed by atoms with van der Waals surface area (Å²) in [5.74, 6) is -1.49. The Bertz CT molecular complexity index is 805. The molecule has 160 valence electrons. The third-order valence-corrected chi connectivity index (χ3v) is 5.44. The largest absolute Gasteiger partial charge is 0.456 e. The van der Waals surface area contributed by atoms with Gasteiger partial charge in [0.1, 0.15) is 12.1 Å². The van der Waals surface area contributed by atoms with Gasteiger partial charge in [-0.1, -0.05) is 26.7 Å². The molecule has 8 heteroatoms. The SMILES string of the molecule is CCCC1(CCC)NC(=O)N(CC(=O)OCC(=O)c2cc(C)n(CC)c2C)C1=O. The smallest absolute Gasteiger partial charge is 0.326 e. The molecule has 0 atom stereocenters. The number of nitrogens with one attached hydrogen (secondary N) is 1. The Labute approximate surface area is 171 Å². The first-order chi connectivity index (χ1) is 13.7. The molecule has 3 amide bonds. The van der Waals surface area contributed by atoms with Gasteiger partial charge in [-0.3, -0.25) is 19.3 Å². The average molecular weight is 405 g/mol. The van der Waals surface area contributed by atoms with Crippen LogP contribution >= 0.6 is 0 Å². The van der Waals surface area contributed by atoms with E-state index in [4.69, 9.17) is 4.74 Å². The van der Waals surface area contributed by atoms with E-state index in [1.807, 2.05) is 39.2 Å². The van der Waals surface area contributed by atoms with Crippen molar-refractivity contribution in [3.8, 4) is 0 Å². The first-order valence-corrected chi connectivity index (χ1v) is 10.2. The summed E-state index contributed by atoms with van der Waals surface area (Å²) in [5.41, 5.74) is 1.34. The predicted molar refractivity (Wildman–Crippen MR) is 108 cm³/mol. The normalized spacial score (nSPS) is 15.6. The van der Waals surface area contributed by atoms with Gasteiger partial charge < -0.3 is 14.6 Å². The number of aromatic nitrogens is 1. The number of carbonyl (C=O) groups is 4. The number of rotatable bonds is 10. The molecule has 29 heavy (non-hydrogen) atoms. The lowest BCUT2D eigenvalue weighted by Crippen LogP contribution is -2.47. The minimum absolute atomic E-state index is 0.310. The maximum absolute atomic E-state index is 12.8. The zero-order chi connectivity index (χ0) is 21.8. The van der Waals surface area contributed by atoms with Gasteiger partial charge in [0, 0.05) is 23.5 Å². The summed E-state index contributed by atoms with van der Waals surface area (Å²) in [6.45, 7) is 9.45. The summed E-state index contributed by atoms with van der Waals surface area (Å²) >= 11 is 0. The number of carbonyl (C=O) groups excluding carboxylic acids is 4. The van der Waals surface area contributed by atoms with Crippen molar-refractivity contribution >= 4 is 23.7 Å². The van der Waals surface area contributed by atoms with Crippen LogP contribution in [0.5, 0.6) is 0 Å². The predicted octanol–water partition coefficient (Wildman–Crippen LogP) is 2.74. The number of Topliss-reactive ketones (excluding diaryl/α,β-unsaturated/α-hetero) is 1. The Balaban J connectivity index is 1.99. The molecule has 0 spiro atoms. The van der Waals surface area contributed by atoms with Gasteiger partial charge >= 0.3 is 12.0 Å². The Morgan fingerprint density at radius 1 is 1.10 bits per heavy atom. The molecule has 1 N–H and O–H groups in total. The molecule has 1 aromatic heterocycles. The van der Waals surface area contributed by atoms with Crippen LogP contribution in [0.2, 0.25) is 0 Å². The Morgan fingerprint density at radius 2 is 1.72 bits per heavy atom. The van der Waals surface area contributed by atoms with Gasteiger partial charge in [-0.25, -0.2) is 4.79 Å². The van der Waals surface area contributed by atoms with Crippen molar-refractivity contribution in [1.82, 2.24) is 14.8 Å². The van der Waals surface area contributed by atoms with Crippen LogP contribution in [-0.4, -0.2) is 51.8 Å². The van der Waals surface area contributed by atoms with E-state index < -0.39 is 36.6 Å². The highest BCUT2D eigenvalue weighted by Crippen LogP contribution is 2.28. The Hall–Kier alpha value is -2.64. The van der Waals surface area contributed by atoms with Crippen LogP contribution < -0.4 is 5.32 Å². The fourth-order valence-corrected chi connectivity index (χ4v) is 4.11. The van der Waals surface area contributed by atoms with E-state index in [-0.39, 0.29) is 5.78 Å². The van der Waals surface area contributed by atoms with Crippen LogP contribution in [0.25, 0.3) is 0 Å². The first-order valence-electron chi connectivity index (χ1n) is 10.2. The molecule has 0 bridgehead atoms. The molecule has 1 aliphatic heterocycles. The van der Waals surface area contributed by atoms with Gasteiger partial charge in [0.15, 0.2) is 6.61 Å².